The smallest absolute Gasteiger partial charge is 0.188 e. The molecule has 0 amide bonds. The van der Waals surface area contributed by atoms with Crippen LogP contribution in [0.15, 0.2) is 29.2 Å². The second-order valence-electron chi connectivity index (χ2n) is 2.27. The minimum absolute atomic E-state index is 0.0588. The van der Waals surface area contributed by atoms with Gasteiger partial charge >= 0.3 is 0 Å². The first-order valence-corrected chi connectivity index (χ1v) is 4.88. The van der Waals surface area contributed by atoms with Crippen molar-refractivity contribution in [2.45, 2.75) is 4.90 Å². The lowest BCUT2D eigenvalue weighted by Gasteiger charge is -2.13. The van der Waals surface area contributed by atoms with Gasteiger partial charge in [0, 0.05) is 4.90 Å². The number of nitrogens with zero attached hydrogens (tertiary/aromatic N) is 2. The van der Waals surface area contributed by atoms with Gasteiger partial charge in [-0.3, -0.25) is 0 Å². The number of benzene rings is 1. The quantitative estimate of drug-likeness (QED) is 0.677. The zero-order chi connectivity index (χ0) is 9.90. The molecular weight excluding hydrogens is 188 g/mol. The number of hydrogen-bond donors (Lipinski definition) is 0. The van der Waals surface area contributed by atoms with E-state index in [1.807, 2.05) is 0 Å². The van der Waals surface area contributed by atoms with E-state index in [1.165, 1.54) is 25.2 Å². The summed E-state index contributed by atoms with van der Waals surface area (Å²) < 4.78 is 25.6. The van der Waals surface area contributed by atoms with Crippen LogP contribution in [0.4, 0.5) is 5.69 Å². The predicted octanol–water partition coefficient (Wildman–Crippen LogP) is 1.93. The third-order valence-electron chi connectivity index (χ3n) is 1.48. The van der Waals surface area contributed by atoms with E-state index in [1.54, 1.807) is 6.07 Å². The molecule has 68 valence electrons. The van der Waals surface area contributed by atoms with Crippen LogP contribution in [-0.2, 0) is 10.0 Å². The zero-order valence-electron chi connectivity index (χ0n) is 6.93. The summed E-state index contributed by atoms with van der Waals surface area (Å²) in [6.45, 7) is 6.70. The molecule has 0 aliphatic rings. The van der Waals surface area contributed by atoms with Crippen molar-refractivity contribution >= 4 is 15.7 Å². The largest absolute Gasteiger partial charge is 0.547 e. The molecule has 0 unspecified atom stereocenters. The molecule has 0 atom stereocenters. The van der Waals surface area contributed by atoms with Crippen molar-refractivity contribution in [3.05, 3.63) is 40.4 Å². The molecule has 0 N–H and O–H groups in total. The van der Waals surface area contributed by atoms with Gasteiger partial charge < -0.3 is 4.72 Å². The Hall–Kier alpha value is -1.38. The standard InChI is InChI=1S/C8H7N2O2S/c1-9-7-4-3-5-8(6-7)13(11,12)10-2/h3-6H,2H3/q-1. The molecule has 0 bridgehead atoms. The predicted molar refractivity (Wildman–Crippen MR) is 49.2 cm³/mol. The fourth-order valence-corrected chi connectivity index (χ4v) is 1.55. The molecule has 0 heterocycles. The normalized spacial score (nSPS) is 10.8. The van der Waals surface area contributed by atoms with E-state index in [9.17, 15) is 8.42 Å². The third-order valence-corrected chi connectivity index (χ3v) is 2.82. The molecule has 4 nitrogen and oxygen atoms in total. The maximum Gasteiger partial charge on any atom is 0.188 e. The van der Waals surface area contributed by atoms with Crippen LogP contribution in [0, 0.1) is 6.57 Å². The fraction of sp³-hybridized carbons (Fsp3) is 0.125. The minimum atomic E-state index is -3.55. The van der Waals surface area contributed by atoms with Crippen molar-refractivity contribution in [1.29, 1.82) is 0 Å². The number of sulfonamides is 1. The highest BCUT2D eigenvalue weighted by Gasteiger charge is 2.02. The van der Waals surface area contributed by atoms with E-state index in [0.29, 0.717) is 5.69 Å². The molecule has 13 heavy (non-hydrogen) atoms. The van der Waals surface area contributed by atoms with E-state index in [2.05, 4.69) is 9.57 Å². The first-order valence-electron chi connectivity index (χ1n) is 3.44. The topological polar surface area (TPSA) is 52.6 Å². The van der Waals surface area contributed by atoms with Gasteiger partial charge in [0.05, 0.1) is 16.6 Å². The summed E-state index contributed by atoms with van der Waals surface area (Å²) >= 11 is 0. The Morgan fingerprint density at radius 3 is 2.69 bits per heavy atom. The Morgan fingerprint density at radius 1 is 1.46 bits per heavy atom. The summed E-state index contributed by atoms with van der Waals surface area (Å²) in [7, 11) is -2.34. The molecule has 0 aromatic heterocycles. The summed E-state index contributed by atoms with van der Waals surface area (Å²) in [6.07, 6.45) is 0. The van der Waals surface area contributed by atoms with Crippen molar-refractivity contribution in [2.75, 3.05) is 7.05 Å². The molecule has 0 radical (unpaired) electrons. The Bertz CT molecular complexity index is 445. The van der Waals surface area contributed by atoms with E-state index in [4.69, 9.17) is 6.57 Å². The summed E-state index contributed by atoms with van der Waals surface area (Å²) in [5.74, 6) is 0. The van der Waals surface area contributed by atoms with Crippen molar-refractivity contribution in [3.63, 3.8) is 0 Å². The Kier molecular flexibility index (Phi) is 2.66. The van der Waals surface area contributed by atoms with Crippen LogP contribution in [-0.4, -0.2) is 15.5 Å². The van der Waals surface area contributed by atoms with Gasteiger partial charge in [0.15, 0.2) is 5.69 Å². The van der Waals surface area contributed by atoms with Crippen LogP contribution in [0.1, 0.15) is 0 Å². The lowest BCUT2D eigenvalue weighted by atomic mass is 10.3. The molecular formula is C8H7N2O2S-. The molecule has 5 heteroatoms. The van der Waals surface area contributed by atoms with Crippen molar-refractivity contribution in [2.24, 2.45) is 0 Å². The summed E-state index contributed by atoms with van der Waals surface area (Å²) in [5.41, 5.74) is 0.296. The first-order chi connectivity index (χ1) is 6.10. The van der Waals surface area contributed by atoms with Gasteiger partial charge in [-0.1, -0.05) is 12.1 Å². The van der Waals surface area contributed by atoms with Crippen molar-refractivity contribution < 1.29 is 8.42 Å². The lowest BCUT2D eigenvalue weighted by molar-refractivity contribution is 0.602. The van der Waals surface area contributed by atoms with Crippen LogP contribution in [0.5, 0.6) is 0 Å². The number of rotatable bonds is 2. The first kappa shape index (κ1) is 9.71. The summed E-state index contributed by atoms with van der Waals surface area (Å²) in [4.78, 5) is 3.18. The SMILES string of the molecule is [C-]#[N+]c1cccc(S(=O)(=O)[N-]C)c1. The van der Waals surface area contributed by atoms with Gasteiger partial charge in [0.1, 0.15) is 0 Å². The molecule has 0 spiro atoms. The molecule has 1 aromatic rings. The third kappa shape index (κ3) is 2.05. The van der Waals surface area contributed by atoms with Crippen LogP contribution >= 0.6 is 0 Å². The highest BCUT2D eigenvalue weighted by molar-refractivity contribution is 7.94. The van der Waals surface area contributed by atoms with Crippen molar-refractivity contribution in [1.82, 2.24) is 0 Å². The zero-order valence-corrected chi connectivity index (χ0v) is 7.75. The number of hydrogen-bond acceptors (Lipinski definition) is 2. The molecule has 1 rings (SSSR count). The van der Waals surface area contributed by atoms with E-state index in [-0.39, 0.29) is 4.90 Å². The van der Waals surface area contributed by atoms with E-state index in [0.717, 1.165) is 0 Å². The Labute approximate surface area is 77.1 Å². The van der Waals surface area contributed by atoms with Crippen LogP contribution in [0.2, 0.25) is 0 Å². The summed E-state index contributed by atoms with van der Waals surface area (Å²) in [5, 5.41) is 0. The molecule has 0 saturated carbocycles. The summed E-state index contributed by atoms with van der Waals surface area (Å²) in [6, 6.07) is 5.78. The van der Waals surface area contributed by atoms with Gasteiger partial charge in [-0.15, -0.1) is 0 Å². The Morgan fingerprint density at radius 2 is 2.15 bits per heavy atom. The molecule has 1 aromatic carbocycles. The van der Waals surface area contributed by atoms with E-state index < -0.39 is 10.0 Å². The monoisotopic (exact) mass is 195 g/mol. The average molecular weight is 195 g/mol. The molecule has 0 aliphatic carbocycles. The lowest BCUT2D eigenvalue weighted by Crippen LogP contribution is -1.96. The van der Waals surface area contributed by atoms with Crippen LogP contribution in [0.25, 0.3) is 9.57 Å². The van der Waals surface area contributed by atoms with Crippen LogP contribution in [0.3, 0.4) is 0 Å². The van der Waals surface area contributed by atoms with Gasteiger partial charge in [0.25, 0.3) is 0 Å². The molecule has 0 fully saturated rings. The maximum absolute atomic E-state index is 11.2. The fourth-order valence-electron chi connectivity index (χ4n) is 0.819. The second-order valence-corrected chi connectivity index (χ2v) is 4.05. The second kappa shape index (κ2) is 3.56. The highest BCUT2D eigenvalue weighted by atomic mass is 32.2. The van der Waals surface area contributed by atoms with Gasteiger partial charge in [-0.25, -0.2) is 13.3 Å². The van der Waals surface area contributed by atoms with E-state index >= 15 is 0 Å². The molecule has 0 aliphatic heterocycles. The van der Waals surface area contributed by atoms with Crippen molar-refractivity contribution in [3.8, 4) is 0 Å². The van der Waals surface area contributed by atoms with Gasteiger partial charge in [-0.2, -0.15) is 7.05 Å². The highest BCUT2D eigenvalue weighted by Crippen LogP contribution is 2.20. The van der Waals surface area contributed by atoms with Gasteiger partial charge in [0.2, 0.25) is 0 Å². The van der Waals surface area contributed by atoms with Gasteiger partial charge in [-0.05, 0) is 12.1 Å². The Balaban J connectivity index is 3.27. The molecule has 0 saturated heterocycles. The maximum atomic E-state index is 11.2. The van der Waals surface area contributed by atoms with Crippen LogP contribution < -0.4 is 0 Å². The average Bonchev–Trinajstić information content (AvgIpc) is 2.18. The minimum Gasteiger partial charge on any atom is -0.547 e.